The van der Waals surface area contributed by atoms with Crippen molar-refractivity contribution in [2.75, 3.05) is 19.3 Å². The van der Waals surface area contributed by atoms with E-state index in [0.29, 0.717) is 23.1 Å². The van der Waals surface area contributed by atoms with E-state index < -0.39 is 5.82 Å². The second-order valence-corrected chi connectivity index (χ2v) is 9.64. The van der Waals surface area contributed by atoms with Gasteiger partial charge < -0.3 is 10.2 Å². The molecule has 0 spiro atoms. The molecule has 0 saturated heterocycles. The Hall–Kier alpha value is -3.20. The lowest BCUT2D eigenvalue weighted by molar-refractivity contribution is -0.133. The van der Waals surface area contributed by atoms with E-state index in [4.69, 9.17) is 0 Å². The number of aromatic nitrogens is 3. The molecule has 1 N–H and O–H groups in total. The van der Waals surface area contributed by atoms with Crippen LogP contribution in [0.2, 0.25) is 0 Å². The Balaban J connectivity index is 1.76. The predicted molar refractivity (Wildman–Crippen MR) is 127 cm³/mol. The number of hydrogen-bond acceptors (Lipinski definition) is 5. The summed E-state index contributed by atoms with van der Waals surface area (Å²) in [6.07, 6.45) is 0. The molecule has 174 valence electrons. The van der Waals surface area contributed by atoms with E-state index in [1.54, 1.807) is 29.8 Å². The first-order valence-electron chi connectivity index (χ1n) is 10.5. The fourth-order valence-electron chi connectivity index (χ4n) is 3.14. The minimum absolute atomic E-state index is 0.0339. The van der Waals surface area contributed by atoms with Crippen molar-refractivity contribution < 1.29 is 14.0 Å². The third-order valence-electron chi connectivity index (χ3n) is 4.66. The van der Waals surface area contributed by atoms with Crippen molar-refractivity contribution in [3.63, 3.8) is 0 Å². The number of carbonyl (C=O) groups excluding carboxylic acids is 2. The summed E-state index contributed by atoms with van der Waals surface area (Å²) in [6.45, 7) is 6.05. The Morgan fingerprint density at radius 3 is 2.39 bits per heavy atom. The third-order valence-corrected chi connectivity index (χ3v) is 5.61. The highest BCUT2D eigenvalue weighted by molar-refractivity contribution is 7.99. The topological polar surface area (TPSA) is 80.1 Å². The van der Waals surface area contributed by atoms with Crippen LogP contribution in [0.15, 0.2) is 59.8 Å². The average Bonchev–Trinajstić information content (AvgIpc) is 3.13. The van der Waals surface area contributed by atoms with Crippen LogP contribution in [0, 0.1) is 5.82 Å². The molecule has 2 amide bonds. The van der Waals surface area contributed by atoms with Crippen LogP contribution < -0.4 is 5.32 Å². The molecule has 0 saturated carbocycles. The number of thioether (sulfide) groups is 1. The Morgan fingerprint density at radius 2 is 1.73 bits per heavy atom. The maximum atomic E-state index is 14.5. The summed E-state index contributed by atoms with van der Waals surface area (Å²) in [6, 6.07) is 16.1. The zero-order valence-electron chi connectivity index (χ0n) is 19.2. The summed E-state index contributed by atoms with van der Waals surface area (Å²) >= 11 is 1.21. The summed E-state index contributed by atoms with van der Waals surface area (Å²) in [5.41, 5.74) is 0.973. The molecule has 2 aromatic carbocycles. The van der Waals surface area contributed by atoms with E-state index in [1.165, 1.54) is 22.7 Å². The van der Waals surface area contributed by atoms with Gasteiger partial charge in [-0.05, 0) is 38.5 Å². The monoisotopic (exact) mass is 469 g/mol. The van der Waals surface area contributed by atoms with Gasteiger partial charge in [0.05, 0.1) is 24.4 Å². The lowest BCUT2D eigenvalue weighted by atomic mass is 10.1. The van der Waals surface area contributed by atoms with Crippen LogP contribution in [0.4, 0.5) is 4.39 Å². The van der Waals surface area contributed by atoms with Gasteiger partial charge in [0.1, 0.15) is 5.82 Å². The van der Waals surface area contributed by atoms with Crippen molar-refractivity contribution in [1.29, 1.82) is 0 Å². The van der Waals surface area contributed by atoms with Crippen molar-refractivity contribution in [3.8, 4) is 11.4 Å². The van der Waals surface area contributed by atoms with Crippen molar-refractivity contribution in [1.82, 2.24) is 25.0 Å². The molecule has 9 heteroatoms. The lowest BCUT2D eigenvalue weighted by Crippen LogP contribution is -2.46. The first-order chi connectivity index (χ1) is 15.6. The first kappa shape index (κ1) is 24.4. The zero-order chi connectivity index (χ0) is 24.0. The average molecular weight is 470 g/mol. The summed E-state index contributed by atoms with van der Waals surface area (Å²) in [5, 5.41) is 11.8. The van der Waals surface area contributed by atoms with Gasteiger partial charge in [-0.3, -0.25) is 14.2 Å². The Labute approximate surface area is 197 Å². The molecule has 0 aliphatic heterocycles. The maximum absolute atomic E-state index is 14.5. The number of nitrogens with zero attached hydrogens (tertiary/aromatic N) is 4. The van der Waals surface area contributed by atoms with Gasteiger partial charge in [-0.1, -0.05) is 54.2 Å². The van der Waals surface area contributed by atoms with Crippen molar-refractivity contribution >= 4 is 23.6 Å². The summed E-state index contributed by atoms with van der Waals surface area (Å²) in [7, 11) is 1.59. The molecule has 0 unspecified atom stereocenters. The van der Waals surface area contributed by atoms with Gasteiger partial charge in [0, 0.05) is 12.6 Å². The maximum Gasteiger partial charge on any atom is 0.240 e. The third kappa shape index (κ3) is 6.89. The summed E-state index contributed by atoms with van der Waals surface area (Å²) < 4.78 is 16.3. The second-order valence-electron chi connectivity index (χ2n) is 8.69. The molecule has 0 bridgehead atoms. The number of hydrogen-bond donors (Lipinski definition) is 1. The summed E-state index contributed by atoms with van der Waals surface area (Å²) in [4.78, 5) is 26.1. The lowest BCUT2D eigenvalue weighted by Gasteiger charge is -2.23. The van der Waals surface area contributed by atoms with Crippen molar-refractivity contribution in [3.05, 3.63) is 66.0 Å². The molecular weight excluding hydrogens is 441 g/mol. The molecular formula is C24H28FN5O2S. The first-order valence-corrected chi connectivity index (χ1v) is 11.5. The quantitative estimate of drug-likeness (QED) is 0.510. The highest BCUT2D eigenvalue weighted by Gasteiger charge is 2.21. The van der Waals surface area contributed by atoms with Crippen molar-refractivity contribution in [2.45, 2.75) is 38.0 Å². The molecule has 3 aromatic rings. The number of likely N-dealkylation sites (N-methyl/N-ethyl adjacent to an activating group) is 1. The number of rotatable bonds is 8. The van der Waals surface area contributed by atoms with E-state index in [9.17, 15) is 14.0 Å². The van der Waals surface area contributed by atoms with Crippen LogP contribution in [0.1, 0.15) is 26.3 Å². The van der Waals surface area contributed by atoms with Crippen molar-refractivity contribution in [2.24, 2.45) is 0 Å². The number of benzene rings is 2. The SMILES string of the molecule is CN(CC(=O)NC(C)(C)C)C(=O)CSc1nnc(-c2ccccc2F)n1Cc1ccccc1. The number of nitrogens with one attached hydrogen (secondary N) is 1. The predicted octanol–water partition coefficient (Wildman–Crippen LogP) is 3.60. The van der Waals surface area contributed by atoms with Gasteiger partial charge in [0.25, 0.3) is 0 Å². The van der Waals surface area contributed by atoms with E-state index >= 15 is 0 Å². The van der Waals surface area contributed by atoms with E-state index in [1.807, 2.05) is 51.1 Å². The molecule has 0 radical (unpaired) electrons. The number of halogens is 1. The van der Waals surface area contributed by atoms with E-state index in [-0.39, 0.29) is 29.7 Å². The van der Waals surface area contributed by atoms with Gasteiger partial charge in [0.15, 0.2) is 11.0 Å². The van der Waals surface area contributed by atoms with Crippen LogP contribution in [0.5, 0.6) is 0 Å². The minimum Gasteiger partial charge on any atom is -0.350 e. The number of amides is 2. The highest BCUT2D eigenvalue weighted by atomic mass is 32.2. The fourth-order valence-corrected chi connectivity index (χ4v) is 4.02. The Kier molecular flexibility index (Phi) is 7.86. The zero-order valence-corrected chi connectivity index (χ0v) is 20.0. The van der Waals surface area contributed by atoms with Crippen LogP contribution in [-0.4, -0.2) is 56.4 Å². The van der Waals surface area contributed by atoms with Crippen LogP contribution >= 0.6 is 11.8 Å². The van der Waals surface area contributed by atoms with Gasteiger partial charge in [-0.15, -0.1) is 10.2 Å². The molecule has 0 fully saturated rings. The highest BCUT2D eigenvalue weighted by Crippen LogP contribution is 2.27. The Bertz CT molecular complexity index is 1110. The van der Waals surface area contributed by atoms with E-state index in [2.05, 4.69) is 15.5 Å². The minimum atomic E-state index is -0.392. The van der Waals surface area contributed by atoms with Gasteiger partial charge in [0.2, 0.25) is 11.8 Å². The normalized spacial score (nSPS) is 11.3. The van der Waals surface area contributed by atoms with Gasteiger partial charge in [-0.2, -0.15) is 0 Å². The standard InChI is InChI=1S/C24H28FN5O2S/c1-24(2,3)26-20(31)15-29(4)21(32)16-33-23-28-27-22(18-12-8-9-13-19(18)25)30(23)14-17-10-6-5-7-11-17/h5-13H,14-16H2,1-4H3,(H,26,31). The van der Waals surface area contributed by atoms with Crippen LogP contribution in [0.25, 0.3) is 11.4 Å². The molecule has 0 aliphatic rings. The van der Waals surface area contributed by atoms with Crippen LogP contribution in [0.3, 0.4) is 0 Å². The van der Waals surface area contributed by atoms with Crippen LogP contribution in [-0.2, 0) is 16.1 Å². The smallest absolute Gasteiger partial charge is 0.240 e. The number of carbonyl (C=O) groups is 2. The van der Waals surface area contributed by atoms with Gasteiger partial charge >= 0.3 is 0 Å². The Morgan fingerprint density at radius 1 is 1.06 bits per heavy atom. The largest absolute Gasteiger partial charge is 0.350 e. The molecule has 0 atom stereocenters. The van der Waals surface area contributed by atoms with E-state index in [0.717, 1.165) is 5.56 Å². The fraction of sp³-hybridized carbons (Fsp3) is 0.333. The molecule has 33 heavy (non-hydrogen) atoms. The molecule has 0 aliphatic carbocycles. The summed E-state index contributed by atoms with van der Waals surface area (Å²) in [5.74, 6) is -0.367. The second kappa shape index (κ2) is 10.6. The molecule has 1 heterocycles. The van der Waals surface area contributed by atoms with Gasteiger partial charge in [-0.25, -0.2) is 4.39 Å². The molecule has 1 aromatic heterocycles. The molecule has 3 rings (SSSR count). The molecule has 7 nitrogen and oxygen atoms in total.